The molecule has 1 aromatic rings. The van der Waals surface area contributed by atoms with Crippen molar-refractivity contribution in [1.29, 1.82) is 0 Å². The number of rotatable bonds is 6. The second-order valence-electron chi connectivity index (χ2n) is 3.90. The van der Waals surface area contributed by atoms with Gasteiger partial charge in [0, 0.05) is 19.2 Å². The van der Waals surface area contributed by atoms with Gasteiger partial charge in [0.05, 0.1) is 9.82 Å². The maximum Gasteiger partial charge on any atom is 0.312 e. The molecular weight excluding hydrogens is 272 g/mol. The molecule has 0 bridgehead atoms. The smallest absolute Gasteiger partial charge is 0.312 e. The Morgan fingerprint density at radius 1 is 1.37 bits per heavy atom. The molecule has 0 aliphatic heterocycles. The fourth-order valence-electron chi connectivity index (χ4n) is 1.66. The van der Waals surface area contributed by atoms with Crippen molar-refractivity contribution in [1.82, 2.24) is 4.31 Å². The number of nitrogens with zero attached hydrogens (tertiary/aromatic N) is 2. The summed E-state index contributed by atoms with van der Waals surface area (Å²) in [5.74, 6) is -0.553. The average molecular weight is 288 g/mol. The van der Waals surface area contributed by atoms with E-state index in [2.05, 4.69) is 0 Å². The van der Waals surface area contributed by atoms with E-state index in [1.54, 1.807) is 6.92 Å². The van der Waals surface area contributed by atoms with Crippen LogP contribution in [0.4, 0.5) is 5.69 Å². The molecule has 19 heavy (non-hydrogen) atoms. The molecule has 0 aliphatic rings. The molecule has 8 heteroatoms. The molecule has 0 amide bonds. The zero-order valence-electron chi connectivity index (χ0n) is 10.7. The summed E-state index contributed by atoms with van der Waals surface area (Å²) in [6.07, 6.45) is 0.646. The van der Waals surface area contributed by atoms with Crippen LogP contribution in [0, 0.1) is 10.1 Å². The van der Waals surface area contributed by atoms with Crippen molar-refractivity contribution in [2.24, 2.45) is 0 Å². The Hall–Kier alpha value is -1.67. The first kappa shape index (κ1) is 15.4. The van der Waals surface area contributed by atoms with Gasteiger partial charge in [0.25, 0.3) is 0 Å². The van der Waals surface area contributed by atoms with E-state index in [4.69, 9.17) is 0 Å². The summed E-state index contributed by atoms with van der Waals surface area (Å²) in [5, 5.41) is 20.0. The van der Waals surface area contributed by atoms with Gasteiger partial charge in [-0.05, 0) is 18.6 Å². The third-order valence-corrected chi connectivity index (χ3v) is 4.58. The van der Waals surface area contributed by atoms with Gasteiger partial charge in [0.2, 0.25) is 10.0 Å². The number of hydrogen-bond acceptors (Lipinski definition) is 5. The Morgan fingerprint density at radius 3 is 2.47 bits per heavy atom. The van der Waals surface area contributed by atoms with Crippen molar-refractivity contribution in [3.63, 3.8) is 0 Å². The minimum Gasteiger partial charge on any atom is -0.502 e. The highest BCUT2D eigenvalue weighted by Gasteiger charge is 2.25. The van der Waals surface area contributed by atoms with Crippen LogP contribution in [0.2, 0.25) is 0 Å². The molecule has 0 unspecified atom stereocenters. The van der Waals surface area contributed by atoms with E-state index in [0.717, 1.165) is 18.2 Å². The maximum atomic E-state index is 12.3. The fraction of sp³-hybridized carbons (Fsp3) is 0.455. The highest BCUT2D eigenvalue weighted by molar-refractivity contribution is 7.89. The Balaban J connectivity index is 3.29. The van der Waals surface area contributed by atoms with Crippen molar-refractivity contribution in [2.45, 2.75) is 25.2 Å². The SMILES string of the molecule is CCCN(CC)S(=O)(=O)c1ccc(O)c([N+](=O)[O-])c1. The van der Waals surface area contributed by atoms with Gasteiger partial charge in [-0.25, -0.2) is 8.42 Å². The molecule has 0 saturated heterocycles. The second-order valence-corrected chi connectivity index (χ2v) is 5.84. The first-order valence-corrected chi connectivity index (χ1v) is 7.26. The lowest BCUT2D eigenvalue weighted by Gasteiger charge is -2.19. The standard InChI is InChI=1S/C11H16N2O5S/c1-3-7-12(4-2)19(17,18)9-5-6-11(14)10(8-9)13(15)16/h5-6,8,14H,3-4,7H2,1-2H3. The average Bonchev–Trinajstić information content (AvgIpc) is 2.35. The fourth-order valence-corrected chi connectivity index (χ4v) is 3.22. The maximum absolute atomic E-state index is 12.3. The summed E-state index contributed by atoms with van der Waals surface area (Å²) < 4.78 is 25.8. The molecule has 0 spiro atoms. The van der Waals surface area contributed by atoms with Gasteiger partial charge in [-0.2, -0.15) is 4.31 Å². The molecule has 0 saturated carbocycles. The molecular formula is C11H16N2O5S. The van der Waals surface area contributed by atoms with Gasteiger partial charge in [-0.1, -0.05) is 13.8 Å². The van der Waals surface area contributed by atoms with Crippen molar-refractivity contribution in [3.8, 4) is 5.75 Å². The third-order valence-electron chi connectivity index (χ3n) is 2.61. The summed E-state index contributed by atoms with van der Waals surface area (Å²) in [7, 11) is -3.77. The lowest BCUT2D eigenvalue weighted by Crippen LogP contribution is -2.31. The lowest BCUT2D eigenvalue weighted by molar-refractivity contribution is -0.386. The van der Waals surface area contributed by atoms with Gasteiger partial charge in [0.1, 0.15) is 0 Å². The zero-order valence-corrected chi connectivity index (χ0v) is 11.6. The summed E-state index contributed by atoms with van der Waals surface area (Å²) in [6, 6.07) is 3.06. The summed E-state index contributed by atoms with van der Waals surface area (Å²) in [5.41, 5.74) is -0.617. The monoisotopic (exact) mass is 288 g/mol. The number of aromatic hydroxyl groups is 1. The van der Waals surface area contributed by atoms with E-state index in [1.165, 1.54) is 4.31 Å². The molecule has 1 aromatic carbocycles. The summed E-state index contributed by atoms with van der Waals surface area (Å²) in [4.78, 5) is 9.70. The van der Waals surface area contributed by atoms with Crippen molar-refractivity contribution in [2.75, 3.05) is 13.1 Å². The molecule has 0 aliphatic carbocycles. The molecule has 0 atom stereocenters. The van der Waals surface area contributed by atoms with E-state index in [9.17, 15) is 23.6 Å². The van der Waals surface area contributed by atoms with Crippen LogP contribution in [-0.2, 0) is 10.0 Å². The number of benzene rings is 1. The molecule has 7 nitrogen and oxygen atoms in total. The number of sulfonamides is 1. The Morgan fingerprint density at radius 2 is 2.00 bits per heavy atom. The van der Waals surface area contributed by atoms with Crippen LogP contribution in [0.1, 0.15) is 20.3 Å². The van der Waals surface area contributed by atoms with Crippen LogP contribution in [0.25, 0.3) is 0 Å². The predicted octanol–water partition coefficient (Wildman–Crippen LogP) is 1.72. The molecule has 0 heterocycles. The van der Waals surface area contributed by atoms with E-state index < -0.39 is 26.4 Å². The molecule has 0 aromatic heterocycles. The van der Waals surface area contributed by atoms with Crippen LogP contribution in [-0.4, -0.2) is 35.8 Å². The predicted molar refractivity (Wildman–Crippen MR) is 69.5 cm³/mol. The van der Waals surface area contributed by atoms with Gasteiger partial charge < -0.3 is 5.11 Å². The van der Waals surface area contributed by atoms with Crippen molar-refractivity contribution < 1.29 is 18.4 Å². The highest BCUT2D eigenvalue weighted by Crippen LogP contribution is 2.29. The van der Waals surface area contributed by atoms with Crippen LogP contribution in [0.5, 0.6) is 5.75 Å². The number of hydrogen-bond donors (Lipinski definition) is 1. The second kappa shape index (κ2) is 5.98. The van der Waals surface area contributed by atoms with E-state index >= 15 is 0 Å². The summed E-state index contributed by atoms with van der Waals surface area (Å²) >= 11 is 0. The van der Waals surface area contributed by atoms with E-state index in [0.29, 0.717) is 13.0 Å². The van der Waals surface area contributed by atoms with Gasteiger partial charge in [-0.15, -0.1) is 0 Å². The van der Waals surface area contributed by atoms with Crippen LogP contribution in [0.3, 0.4) is 0 Å². The van der Waals surface area contributed by atoms with Gasteiger partial charge >= 0.3 is 5.69 Å². The lowest BCUT2D eigenvalue weighted by atomic mass is 10.3. The number of phenols is 1. The van der Waals surface area contributed by atoms with Crippen molar-refractivity contribution in [3.05, 3.63) is 28.3 Å². The molecule has 0 fully saturated rings. The highest BCUT2D eigenvalue weighted by atomic mass is 32.2. The quantitative estimate of drug-likeness (QED) is 0.634. The van der Waals surface area contributed by atoms with E-state index in [1.807, 2.05) is 6.92 Å². The minimum atomic E-state index is -3.77. The molecule has 0 radical (unpaired) electrons. The zero-order chi connectivity index (χ0) is 14.6. The Labute approximate surface area is 111 Å². The number of nitro benzene ring substituents is 1. The van der Waals surface area contributed by atoms with Crippen LogP contribution < -0.4 is 0 Å². The van der Waals surface area contributed by atoms with Gasteiger partial charge in [-0.3, -0.25) is 10.1 Å². The topological polar surface area (TPSA) is 101 Å². The van der Waals surface area contributed by atoms with Crippen LogP contribution in [0.15, 0.2) is 23.1 Å². The normalized spacial score (nSPS) is 11.7. The Bertz CT molecular complexity index is 570. The number of nitro groups is 1. The molecule has 106 valence electrons. The minimum absolute atomic E-state index is 0.188. The first-order valence-electron chi connectivity index (χ1n) is 5.82. The summed E-state index contributed by atoms with van der Waals surface area (Å²) in [6.45, 7) is 4.16. The Kier molecular flexibility index (Phi) is 4.84. The van der Waals surface area contributed by atoms with Crippen LogP contribution >= 0.6 is 0 Å². The van der Waals surface area contributed by atoms with Gasteiger partial charge in [0.15, 0.2) is 5.75 Å². The third kappa shape index (κ3) is 3.21. The van der Waals surface area contributed by atoms with E-state index in [-0.39, 0.29) is 11.4 Å². The van der Waals surface area contributed by atoms with Crippen molar-refractivity contribution >= 4 is 15.7 Å². The number of phenolic OH excluding ortho intramolecular Hbond substituents is 1. The molecule has 1 N–H and O–H groups in total. The largest absolute Gasteiger partial charge is 0.502 e. The molecule has 1 rings (SSSR count). The first-order chi connectivity index (χ1) is 8.84.